The first-order valence-electron chi connectivity index (χ1n) is 8.24. The van der Waals surface area contributed by atoms with Crippen LogP contribution < -0.4 is 0 Å². The Morgan fingerprint density at radius 2 is 2.21 bits per heavy atom. The first-order chi connectivity index (χ1) is 11.6. The largest absolute Gasteiger partial charge is 0.343 e. The van der Waals surface area contributed by atoms with Crippen molar-refractivity contribution >= 4 is 23.2 Å². The molecule has 130 valence electrons. The quantitative estimate of drug-likeness (QED) is 0.729. The highest BCUT2D eigenvalue weighted by atomic mass is 35.5. The van der Waals surface area contributed by atoms with Crippen molar-refractivity contribution in [2.75, 3.05) is 6.61 Å². The summed E-state index contributed by atoms with van der Waals surface area (Å²) >= 11 is 12.5. The number of H-pyrrole nitrogens is 1. The van der Waals surface area contributed by atoms with Crippen molar-refractivity contribution in [3.8, 4) is 0 Å². The monoisotopic (exact) mass is 369 g/mol. The molecule has 0 bridgehead atoms. The molecule has 1 fully saturated rings. The number of aromatic nitrogens is 3. The lowest BCUT2D eigenvalue weighted by molar-refractivity contribution is -0.177. The lowest BCUT2D eigenvalue weighted by atomic mass is 10.0. The summed E-state index contributed by atoms with van der Waals surface area (Å²) in [6, 6.07) is 5.36. The number of halogens is 2. The number of hydrogen-bond acceptors (Lipinski definition) is 4. The molecule has 7 heteroatoms. The van der Waals surface area contributed by atoms with E-state index in [1.54, 1.807) is 12.1 Å². The molecule has 3 rings (SSSR count). The van der Waals surface area contributed by atoms with Crippen molar-refractivity contribution in [1.29, 1.82) is 0 Å². The highest BCUT2D eigenvalue weighted by Crippen LogP contribution is 2.41. The number of unbranched alkanes of at least 4 members (excludes halogenated alkanes) is 2. The molecule has 0 spiro atoms. The van der Waals surface area contributed by atoms with Gasteiger partial charge < -0.3 is 9.47 Å². The van der Waals surface area contributed by atoms with Crippen molar-refractivity contribution < 1.29 is 9.47 Å². The summed E-state index contributed by atoms with van der Waals surface area (Å²) in [5.41, 5.74) is 0.767. The van der Waals surface area contributed by atoms with Gasteiger partial charge in [0.2, 0.25) is 5.79 Å². The molecule has 2 atom stereocenters. The maximum Gasteiger partial charge on any atom is 0.203 e. The SMILES string of the molecule is CCCCCC1COC(Cc2ncn[nH]2)(c2ccc(Cl)cc2Cl)O1. The molecule has 1 saturated heterocycles. The molecular formula is C17H21Cl2N3O2. The summed E-state index contributed by atoms with van der Waals surface area (Å²) in [7, 11) is 0. The van der Waals surface area contributed by atoms with Gasteiger partial charge in [0.1, 0.15) is 12.2 Å². The zero-order chi connectivity index (χ0) is 17.0. The van der Waals surface area contributed by atoms with Crippen molar-refractivity contribution in [2.45, 2.75) is 50.9 Å². The van der Waals surface area contributed by atoms with Crippen LogP contribution in [0.1, 0.15) is 44.0 Å². The fourth-order valence-electron chi connectivity index (χ4n) is 2.99. The normalized spacial score (nSPS) is 23.7. The Labute approximate surface area is 151 Å². The first-order valence-corrected chi connectivity index (χ1v) is 9.00. The van der Waals surface area contributed by atoms with Crippen LogP contribution in [0, 0.1) is 0 Å². The molecule has 2 aromatic rings. The van der Waals surface area contributed by atoms with Crippen LogP contribution in [0.25, 0.3) is 0 Å². The Kier molecular flexibility index (Phi) is 5.76. The number of ether oxygens (including phenoxy) is 2. The van der Waals surface area contributed by atoms with Crippen LogP contribution in [0.5, 0.6) is 0 Å². The molecule has 0 radical (unpaired) electrons. The van der Waals surface area contributed by atoms with Gasteiger partial charge in [0.25, 0.3) is 0 Å². The molecule has 2 unspecified atom stereocenters. The van der Waals surface area contributed by atoms with Gasteiger partial charge in [-0.2, -0.15) is 5.10 Å². The number of nitrogens with zero attached hydrogens (tertiary/aromatic N) is 2. The zero-order valence-electron chi connectivity index (χ0n) is 13.6. The highest BCUT2D eigenvalue weighted by molar-refractivity contribution is 6.35. The van der Waals surface area contributed by atoms with Gasteiger partial charge in [-0.25, -0.2) is 4.98 Å². The molecule has 5 nitrogen and oxygen atoms in total. The van der Waals surface area contributed by atoms with Crippen LogP contribution in [0.3, 0.4) is 0 Å². The van der Waals surface area contributed by atoms with Gasteiger partial charge in [-0.05, 0) is 18.6 Å². The average molecular weight is 370 g/mol. The summed E-state index contributed by atoms with van der Waals surface area (Å²) in [5.74, 6) is -0.270. The molecule has 1 N–H and O–H groups in total. The molecular weight excluding hydrogens is 349 g/mol. The number of hydrogen-bond donors (Lipinski definition) is 1. The second kappa shape index (κ2) is 7.83. The predicted molar refractivity (Wildman–Crippen MR) is 93.2 cm³/mol. The lowest BCUT2D eigenvalue weighted by Gasteiger charge is -2.28. The topological polar surface area (TPSA) is 60.0 Å². The predicted octanol–water partition coefficient (Wildman–Crippen LogP) is 4.50. The van der Waals surface area contributed by atoms with Gasteiger partial charge in [0, 0.05) is 10.6 Å². The fourth-order valence-corrected chi connectivity index (χ4v) is 3.55. The van der Waals surface area contributed by atoms with Gasteiger partial charge >= 0.3 is 0 Å². The van der Waals surface area contributed by atoms with Crippen molar-refractivity contribution in [3.63, 3.8) is 0 Å². The van der Waals surface area contributed by atoms with E-state index >= 15 is 0 Å². The fraction of sp³-hybridized carbons (Fsp3) is 0.529. The summed E-state index contributed by atoms with van der Waals surface area (Å²) in [5, 5.41) is 7.87. The van der Waals surface area contributed by atoms with E-state index < -0.39 is 5.79 Å². The Morgan fingerprint density at radius 3 is 2.92 bits per heavy atom. The Balaban J connectivity index is 1.85. The van der Waals surface area contributed by atoms with E-state index in [0.29, 0.717) is 28.9 Å². The average Bonchev–Trinajstić information content (AvgIpc) is 3.19. The minimum Gasteiger partial charge on any atom is -0.343 e. The number of aromatic amines is 1. The third kappa shape index (κ3) is 3.91. The van der Waals surface area contributed by atoms with E-state index in [9.17, 15) is 0 Å². The molecule has 1 aromatic carbocycles. The second-order valence-corrected chi connectivity index (χ2v) is 6.88. The van der Waals surface area contributed by atoms with E-state index in [1.807, 2.05) is 6.07 Å². The molecule has 0 saturated carbocycles. The summed E-state index contributed by atoms with van der Waals surface area (Å²) < 4.78 is 12.5. The Hall–Kier alpha value is -1.14. The van der Waals surface area contributed by atoms with Crippen LogP contribution >= 0.6 is 23.2 Å². The van der Waals surface area contributed by atoms with E-state index in [-0.39, 0.29) is 6.10 Å². The lowest BCUT2D eigenvalue weighted by Crippen LogP contribution is -2.32. The van der Waals surface area contributed by atoms with Gasteiger partial charge in [-0.1, -0.05) is 55.5 Å². The number of nitrogens with one attached hydrogen (secondary N) is 1. The summed E-state index contributed by atoms with van der Waals surface area (Å²) in [6.07, 6.45) is 6.40. The van der Waals surface area contributed by atoms with E-state index in [1.165, 1.54) is 19.2 Å². The standard InChI is InChI=1S/C17H21Cl2N3O2/c1-2-3-4-5-13-10-23-17(24-13,9-16-20-11-21-22-16)14-7-6-12(18)8-15(14)19/h6-8,11,13H,2-5,9-10H2,1H3,(H,20,21,22). The molecule has 1 aromatic heterocycles. The smallest absolute Gasteiger partial charge is 0.203 e. The van der Waals surface area contributed by atoms with Gasteiger partial charge in [0.15, 0.2) is 0 Å². The highest BCUT2D eigenvalue weighted by Gasteiger charge is 2.45. The van der Waals surface area contributed by atoms with Crippen molar-refractivity contribution in [1.82, 2.24) is 15.2 Å². The van der Waals surface area contributed by atoms with Crippen LogP contribution in [0.15, 0.2) is 24.5 Å². The van der Waals surface area contributed by atoms with Gasteiger partial charge in [0.05, 0.1) is 24.2 Å². The minimum absolute atomic E-state index is 0.0474. The first kappa shape index (κ1) is 17.7. The van der Waals surface area contributed by atoms with E-state index in [2.05, 4.69) is 22.1 Å². The van der Waals surface area contributed by atoms with Crippen LogP contribution in [-0.2, 0) is 21.7 Å². The zero-order valence-corrected chi connectivity index (χ0v) is 15.1. The molecule has 0 amide bonds. The van der Waals surface area contributed by atoms with Crippen LogP contribution in [0.2, 0.25) is 10.0 Å². The van der Waals surface area contributed by atoms with Crippen LogP contribution in [0.4, 0.5) is 0 Å². The third-order valence-electron chi connectivity index (χ3n) is 4.20. The maximum absolute atomic E-state index is 6.42. The molecule has 24 heavy (non-hydrogen) atoms. The van der Waals surface area contributed by atoms with Crippen molar-refractivity contribution in [3.05, 3.63) is 46.0 Å². The minimum atomic E-state index is -0.960. The molecule has 1 aliphatic rings. The number of rotatable bonds is 7. The van der Waals surface area contributed by atoms with Gasteiger partial charge in [-0.15, -0.1) is 0 Å². The van der Waals surface area contributed by atoms with E-state index in [0.717, 1.165) is 18.4 Å². The maximum atomic E-state index is 6.42. The summed E-state index contributed by atoms with van der Waals surface area (Å²) in [6.45, 7) is 2.73. The van der Waals surface area contributed by atoms with Crippen LogP contribution in [-0.4, -0.2) is 27.9 Å². The van der Waals surface area contributed by atoms with Gasteiger partial charge in [-0.3, -0.25) is 5.10 Å². The second-order valence-electron chi connectivity index (χ2n) is 6.03. The molecule has 1 aliphatic heterocycles. The Morgan fingerprint density at radius 1 is 1.33 bits per heavy atom. The van der Waals surface area contributed by atoms with E-state index in [4.69, 9.17) is 32.7 Å². The summed E-state index contributed by atoms with van der Waals surface area (Å²) in [4.78, 5) is 4.20. The molecule has 0 aliphatic carbocycles. The van der Waals surface area contributed by atoms with Crippen molar-refractivity contribution in [2.24, 2.45) is 0 Å². The Bertz CT molecular complexity index is 666. The molecule has 2 heterocycles. The third-order valence-corrected chi connectivity index (χ3v) is 4.74. The number of benzene rings is 1.